The SMILES string of the molecule is CCNC(=NCc1ccc(COCC(F)(F)F)cc1)NCc1nc(-c2ccco2)n[nH]1. The van der Waals surface area contributed by atoms with E-state index in [0.29, 0.717) is 48.6 Å². The summed E-state index contributed by atoms with van der Waals surface area (Å²) >= 11 is 0. The first-order valence-electron chi connectivity index (χ1n) is 9.62. The second-order valence-corrected chi connectivity index (χ2v) is 6.56. The highest BCUT2D eigenvalue weighted by molar-refractivity contribution is 5.79. The number of benzene rings is 1. The van der Waals surface area contributed by atoms with E-state index in [1.807, 2.05) is 19.1 Å². The Morgan fingerprint density at radius 3 is 2.61 bits per heavy atom. The van der Waals surface area contributed by atoms with Gasteiger partial charge in [0.05, 0.1) is 26.0 Å². The first kappa shape index (κ1) is 22.3. The molecule has 0 bridgehead atoms. The molecule has 3 rings (SSSR count). The van der Waals surface area contributed by atoms with Gasteiger partial charge in [-0.05, 0) is 30.2 Å². The summed E-state index contributed by atoms with van der Waals surface area (Å²) in [6.07, 6.45) is -2.77. The third-order valence-corrected chi connectivity index (χ3v) is 4.02. The minimum atomic E-state index is -4.32. The maximum Gasteiger partial charge on any atom is 0.411 e. The molecule has 8 nitrogen and oxygen atoms in total. The van der Waals surface area contributed by atoms with Crippen molar-refractivity contribution < 1.29 is 22.3 Å². The summed E-state index contributed by atoms with van der Waals surface area (Å²) in [6.45, 7) is 2.06. The standard InChI is InChI=1S/C20H23F3N6O2/c1-2-24-19(26-11-17-27-18(29-28-17)16-4-3-9-31-16)25-10-14-5-7-15(8-6-14)12-30-13-20(21,22)23/h3-9H,2,10-13H2,1H3,(H2,24,25,26)(H,27,28,29). The minimum absolute atomic E-state index is 0.0928. The number of hydrogen-bond donors (Lipinski definition) is 3. The Kier molecular flexibility index (Phi) is 7.65. The van der Waals surface area contributed by atoms with E-state index < -0.39 is 12.8 Å². The third-order valence-electron chi connectivity index (χ3n) is 4.02. The zero-order chi connectivity index (χ0) is 22.1. The smallest absolute Gasteiger partial charge is 0.411 e. The maximum absolute atomic E-state index is 12.1. The van der Waals surface area contributed by atoms with Crippen LogP contribution in [0.1, 0.15) is 23.9 Å². The number of hydrogen-bond acceptors (Lipinski definition) is 5. The topological polar surface area (TPSA) is 100 Å². The molecule has 11 heteroatoms. The number of aromatic amines is 1. The van der Waals surface area contributed by atoms with Gasteiger partial charge in [0.15, 0.2) is 11.7 Å². The number of H-pyrrole nitrogens is 1. The van der Waals surface area contributed by atoms with E-state index in [1.165, 1.54) is 0 Å². The third kappa shape index (κ3) is 7.45. The van der Waals surface area contributed by atoms with Crippen molar-refractivity contribution in [1.29, 1.82) is 0 Å². The molecule has 166 valence electrons. The molecule has 0 aliphatic heterocycles. The van der Waals surface area contributed by atoms with E-state index in [9.17, 15) is 13.2 Å². The second-order valence-electron chi connectivity index (χ2n) is 6.56. The summed E-state index contributed by atoms with van der Waals surface area (Å²) in [4.78, 5) is 8.88. The highest BCUT2D eigenvalue weighted by Gasteiger charge is 2.27. The summed E-state index contributed by atoms with van der Waals surface area (Å²) in [5, 5.41) is 13.3. The van der Waals surface area contributed by atoms with E-state index in [-0.39, 0.29) is 6.61 Å². The normalized spacial score (nSPS) is 12.2. The number of furan rings is 1. The van der Waals surface area contributed by atoms with Crippen molar-refractivity contribution in [2.75, 3.05) is 13.2 Å². The zero-order valence-corrected chi connectivity index (χ0v) is 16.9. The number of alkyl halides is 3. The van der Waals surface area contributed by atoms with E-state index in [1.54, 1.807) is 30.5 Å². The summed E-state index contributed by atoms with van der Waals surface area (Å²) in [7, 11) is 0. The first-order chi connectivity index (χ1) is 14.9. The van der Waals surface area contributed by atoms with Crippen molar-refractivity contribution in [3.8, 4) is 11.6 Å². The van der Waals surface area contributed by atoms with Crippen LogP contribution >= 0.6 is 0 Å². The number of guanidine groups is 1. The molecule has 0 fully saturated rings. The van der Waals surface area contributed by atoms with Crippen LogP contribution in [-0.2, 0) is 24.4 Å². The lowest BCUT2D eigenvalue weighted by molar-refractivity contribution is -0.176. The predicted octanol–water partition coefficient (Wildman–Crippen LogP) is 3.40. The molecule has 0 aliphatic rings. The fraction of sp³-hybridized carbons (Fsp3) is 0.350. The molecular weight excluding hydrogens is 413 g/mol. The van der Waals surface area contributed by atoms with Gasteiger partial charge in [-0.25, -0.2) is 9.98 Å². The van der Waals surface area contributed by atoms with Gasteiger partial charge in [0, 0.05) is 6.54 Å². The Bertz CT molecular complexity index is 952. The van der Waals surface area contributed by atoms with Gasteiger partial charge in [0.25, 0.3) is 0 Å². The molecule has 2 heterocycles. The lowest BCUT2D eigenvalue weighted by atomic mass is 10.1. The van der Waals surface area contributed by atoms with Crippen LogP contribution in [0.2, 0.25) is 0 Å². The van der Waals surface area contributed by atoms with Gasteiger partial charge >= 0.3 is 6.18 Å². The first-order valence-corrected chi connectivity index (χ1v) is 9.62. The molecule has 0 saturated heterocycles. The van der Waals surface area contributed by atoms with Crippen LogP contribution in [0.3, 0.4) is 0 Å². The monoisotopic (exact) mass is 436 g/mol. The Hall–Kier alpha value is -3.34. The van der Waals surface area contributed by atoms with Crippen LogP contribution < -0.4 is 10.6 Å². The Morgan fingerprint density at radius 1 is 1.16 bits per heavy atom. The van der Waals surface area contributed by atoms with E-state index in [4.69, 9.17) is 4.42 Å². The van der Waals surface area contributed by atoms with Crippen molar-refractivity contribution in [3.63, 3.8) is 0 Å². The fourth-order valence-corrected chi connectivity index (χ4v) is 2.60. The van der Waals surface area contributed by atoms with Crippen LogP contribution in [-0.4, -0.2) is 40.5 Å². The number of aliphatic imine (C=N–C) groups is 1. The molecule has 3 aromatic rings. The van der Waals surface area contributed by atoms with Crippen molar-refractivity contribution >= 4 is 5.96 Å². The van der Waals surface area contributed by atoms with Gasteiger partial charge in [0.2, 0.25) is 5.82 Å². The van der Waals surface area contributed by atoms with Crippen LogP contribution in [0.15, 0.2) is 52.1 Å². The number of halogens is 3. The number of nitrogens with one attached hydrogen (secondary N) is 3. The molecule has 0 aliphatic carbocycles. The Balaban J connectivity index is 1.51. The van der Waals surface area contributed by atoms with Crippen LogP contribution in [0, 0.1) is 0 Å². The number of ether oxygens (including phenoxy) is 1. The van der Waals surface area contributed by atoms with Crippen LogP contribution in [0.5, 0.6) is 0 Å². The number of aromatic nitrogens is 3. The van der Waals surface area contributed by atoms with Gasteiger partial charge < -0.3 is 19.8 Å². The highest BCUT2D eigenvalue weighted by atomic mass is 19.4. The molecule has 0 unspecified atom stereocenters. The van der Waals surface area contributed by atoms with Crippen LogP contribution in [0.4, 0.5) is 13.2 Å². The van der Waals surface area contributed by atoms with Crippen molar-refractivity contribution in [1.82, 2.24) is 25.8 Å². The van der Waals surface area contributed by atoms with Gasteiger partial charge in [-0.1, -0.05) is 24.3 Å². The van der Waals surface area contributed by atoms with E-state index >= 15 is 0 Å². The summed E-state index contributed by atoms with van der Waals surface area (Å²) in [5.41, 5.74) is 1.58. The molecule has 0 atom stereocenters. The van der Waals surface area contributed by atoms with E-state index in [2.05, 4.69) is 35.5 Å². The minimum Gasteiger partial charge on any atom is -0.461 e. The Labute approximate surface area is 176 Å². The lowest BCUT2D eigenvalue weighted by Crippen LogP contribution is -2.37. The molecule has 31 heavy (non-hydrogen) atoms. The highest BCUT2D eigenvalue weighted by Crippen LogP contribution is 2.16. The molecule has 0 spiro atoms. The van der Waals surface area contributed by atoms with Gasteiger partial charge in [-0.3, -0.25) is 5.10 Å². The molecule has 2 aromatic heterocycles. The molecule has 3 N–H and O–H groups in total. The second kappa shape index (κ2) is 10.6. The number of nitrogens with zero attached hydrogens (tertiary/aromatic N) is 3. The molecule has 0 amide bonds. The van der Waals surface area contributed by atoms with Gasteiger partial charge in [0.1, 0.15) is 12.4 Å². The van der Waals surface area contributed by atoms with Crippen molar-refractivity contribution in [2.45, 2.75) is 32.8 Å². The maximum atomic E-state index is 12.1. The Morgan fingerprint density at radius 2 is 1.94 bits per heavy atom. The predicted molar refractivity (Wildman–Crippen MR) is 108 cm³/mol. The number of rotatable bonds is 9. The van der Waals surface area contributed by atoms with Crippen LogP contribution in [0.25, 0.3) is 11.6 Å². The average molecular weight is 436 g/mol. The molecular formula is C20H23F3N6O2. The average Bonchev–Trinajstić information content (AvgIpc) is 3.42. The van der Waals surface area contributed by atoms with Gasteiger partial charge in [-0.2, -0.15) is 13.2 Å². The molecule has 1 aromatic carbocycles. The summed E-state index contributed by atoms with van der Waals surface area (Å²) in [6, 6.07) is 10.6. The largest absolute Gasteiger partial charge is 0.461 e. The lowest BCUT2D eigenvalue weighted by Gasteiger charge is -2.10. The van der Waals surface area contributed by atoms with Crippen molar-refractivity contribution in [2.24, 2.45) is 4.99 Å². The zero-order valence-electron chi connectivity index (χ0n) is 16.9. The molecule has 0 radical (unpaired) electrons. The van der Waals surface area contributed by atoms with E-state index in [0.717, 1.165) is 5.56 Å². The molecule has 0 saturated carbocycles. The quantitative estimate of drug-likeness (QED) is 0.351. The van der Waals surface area contributed by atoms with Crippen molar-refractivity contribution in [3.05, 3.63) is 59.6 Å². The van der Waals surface area contributed by atoms with Gasteiger partial charge in [-0.15, -0.1) is 5.10 Å². The summed E-state index contributed by atoms with van der Waals surface area (Å²) in [5.74, 6) is 2.27. The fourth-order valence-electron chi connectivity index (χ4n) is 2.60. The summed E-state index contributed by atoms with van der Waals surface area (Å²) < 4.78 is 46.3.